The molecule has 0 radical (unpaired) electrons. The molecule has 1 rings (SSSR count). The van der Waals surface area contributed by atoms with Crippen LogP contribution in [0, 0.1) is 11.8 Å². The first-order valence-electron chi connectivity index (χ1n) is 6.06. The summed E-state index contributed by atoms with van der Waals surface area (Å²) in [4.78, 5) is 0. The zero-order valence-electron chi connectivity index (χ0n) is 10.9. The Morgan fingerprint density at radius 2 is 1.75 bits per heavy atom. The van der Waals surface area contributed by atoms with Crippen molar-refractivity contribution in [3.63, 3.8) is 0 Å². The summed E-state index contributed by atoms with van der Waals surface area (Å²) in [7, 11) is 0. The molecule has 4 heteroatoms. The lowest BCUT2D eigenvalue weighted by Crippen LogP contribution is -2.17. The van der Waals surface area contributed by atoms with Crippen molar-refractivity contribution in [2.45, 2.75) is 53.5 Å². The molecule has 0 fully saturated rings. The Morgan fingerprint density at radius 3 is 2.31 bits per heavy atom. The van der Waals surface area contributed by atoms with Crippen LogP contribution in [0.2, 0.25) is 0 Å². The van der Waals surface area contributed by atoms with Crippen molar-refractivity contribution in [1.82, 2.24) is 10.2 Å². The zero-order chi connectivity index (χ0) is 12.1. The molecule has 0 aliphatic heterocycles. The minimum atomic E-state index is 0.472. The molecule has 0 amide bonds. The van der Waals surface area contributed by atoms with Gasteiger partial charge in [0.2, 0.25) is 5.13 Å². The first-order valence-corrected chi connectivity index (χ1v) is 6.88. The van der Waals surface area contributed by atoms with E-state index in [2.05, 4.69) is 50.1 Å². The second kappa shape index (κ2) is 6.18. The molecule has 92 valence electrons. The number of rotatable bonds is 6. The van der Waals surface area contributed by atoms with Gasteiger partial charge in [-0.1, -0.05) is 39.0 Å². The molecule has 16 heavy (non-hydrogen) atoms. The highest BCUT2D eigenvalue weighted by Gasteiger charge is 2.09. The highest BCUT2D eigenvalue weighted by molar-refractivity contribution is 7.15. The third-order valence-electron chi connectivity index (χ3n) is 2.24. The largest absolute Gasteiger partial charge is 0.358 e. The number of hydrogen-bond donors (Lipinski definition) is 1. The molecule has 0 aliphatic rings. The van der Waals surface area contributed by atoms with E-state index in [9.17, 15) is 0 Å². The van der Waals surface area contributed by atoms with Crippen molar-refractivity contribution in [1.29, 1.82) is 0 Å². The summed E-state index contributed by atoms with van der Waals surface area (Å²) in [5.74, 6) is 1.36. The highest BCUT2D eigenvalue weighted by atomic mass is 32.1. The summed E-state index contributed by atoms with van der Waals surface area (Å²) in [5.41, 5.74) is 0. The first kappa shape index (κ1) is 13.4. The summed E-state index contributed by atoms with van der Waals surface area (Å²) in [6.07, 6.45) is 2.19. The molecule has 0 spiro atoms. The van der Waals surface area contributed by atoms with Crippen molar-refractivity contribution in [2.24, 2.45) is 11.8 Å². The molecule has 0 aromatic carbocycles. The van der Waals surface area contributed by atoms with Crippen LogP contribution in [0.3, 0.4) is 0 Å². The average molecular weight is 241 g/mol. The van der Waals surface area contributed by atoms with Gasteiger partial charge in [-0.2, -0.15) is 0 Å². The van der Waals surface area contributed by atoms with Crippen molar-refractivity contribution in [3.05, 3.63) is 5.01 Å². The Labute approximate surface area is 103 Å². The summed E-state index contributed by atoms with van der Waals surface area (Å²) < 4.78 is 0. The van der Waals surface area contributed by atoms with E-state index in [-0.39, 0.29) is 0 Å². The monoisotopic (exact) mass is 241 g/mol. The number of nitrogens with zero attached hydrogens (tertiary/aromatic N) is 2. The van der Waals surface area contributed by atoms with Gasteiger partial charge in [-0.25, -0.2) is 0 Å². The minimum absolute atomic E-state index is 0.472. The Hall–Kier alpha value is -0.640. The van der Waals surface area contributed by atoms with Gasteiger partial charge in [-0.05, 0) is 25.2 Å². The van der Waals surface area contributed by atoms with Gasteiger partial charge in [0, 0.05) is 12.5 Å². The van der Waals surface area contributed by atoms with E-state index in [1.165, 1.54) is 6.42 Å². The van der Waals surface area contributed by atoms with E-state index in [0.29, 0.717) is 17.9 Å². The van der Waals surface area contributed by atoms with Gasteiger partial charge >= 0.3 is 0 Å². The Balaban J connectivity index is 2.45. The predicted molar refractivity (Wildman–Crippen MR) is 71.0 cm³/mol. The quantitative estimate of drug-likeness (QED) is 0.827. The minimum Gasteiger partial charge on any atom is -0.358 e. The van der Waals surface area contributed by atoms with E-state index in [4.69, 9.17) is 0 Å². The molecule has 0 aliphatic carbocycles. The molecule has 0 saturated carbocycles. The van der Waals surface area contributed by atoms with E-state index < -0.39 is 0 Å². The topological polar surface area (TPSA) is 37.8 Å². The molecule has 1 aromatic heterocycles. The maximum atomic E-state index is 4.19. The van der Waals surface area contributed by atoms with Crippen molar-refractivity contribution in [3.8, 4) is 0 Å². The second-order valence-corrected chi connectivity index (χ2v) is 6.34. The maximum Gasteiger partial charge on any atom is 0.205 e. The number of aromatic nitrogens is 2. The normalized spacial score (nSPS) is 13.4. The highest BCUT2D eigenvalue weighted by Crippen LogP contribution is 2.20. The third-order valence-corrected chi connectivity index (χ3v) is 3.12. The van der Waals surface area contributed by atoms with Gasteiger partial charge in [0.25, 0.3) is 0 Å². The van der Waals surface area contributed by atoms with Crippen LogP contribution in [0.4, 0.5) is 5.13 Å². The molecule has 1 heterocycles. The Kier molecular flexibility index (Phi) is 5.19. The summed E-state index contributed by atoms with van der Waals surface area (Å²) in [5, 5.41) is 13.9. The van der Waals surface area contributed by atoms with Crippen LogP contribution in [0.25, 0.3) is 0 Å². The number of hydrogen-bond acceptors (Lipinski definition) is 4. The fraction of sp³-hybridized carbons (Fsp3) is 0.833. The van der Waals surface area contributed by atoms with Gasteiger partial charge < -0.3 is 5.32 Å². The molecule has 1 aromatic rings. The summed E-state index contributed by atoms with van der Waals surface area (Å²) in [6.45, 7) is 11.1. The van der Waals surface area contributed by atoms with E-state index >= 15 is 0 Å². The van der Waals surface area contributed by atoms with Gasteiger partial charge in [-0.3, -0.25) is 0 Å². The standard InChI is InChI=1S/C12H23N3S/c1-8(2)6-10(5)13-12-15-14-11(16-12)7-9(3)4/h8-10H,6-7H2,1-5H3,(H,13,15). The lowest BCUT2D eigenvalue weighted by atomic mass is 10.1. The third kappa shape index (κ3) is 4.92. The molecule has 1 unspecified atom stereocenters. The first-order chi connectivity index (χ1) is 7.47. The molecular formula is C12H23N3S. The zero-order valence-corrected chi connectivity index (χ0v) is 11.8. The SMILES string of the molecule is CC(C)Cc1nnc(NC(C)CC(C)C)s1. The maximum absolute atomic E-state index is 4.19. The van der Waals surface area contributed by atoms with Crippen molar-refractivity contribution < 1.29 is 0 Å². The summed E-state index contributed by atoms with van der Waals surface area (Å²) in [6, 6.07) is 0.472. The Morgan fingerprint density at radius 1 is 1.06 bits per heavy atom. The molecule has 1 atom stereocenters. The van der Waals surface area contributed by atoms with Crippen LogP contribution in [0.5, 0.6) is 0 Å². The van der Waals surface area contributed by atoms with Gasteiger partial charge in [0.15, 0.2) is 0 Å². The fourth-order valence-corrected chi connectivity index (χ4v) is 2.78. The van der Waals surface area contributed by atoms with Crippen LogP contribution in [0.15, 0.2) is 0 Å². The molecule has 3 nitrogen and oxygen atoms in total. The van der Waals surface area contributed by atoms with Crippen LogP contribution >= 0.6 is 11.3 Å². The van der Waals surface area contributed by atoms with Gasteiger partial charge in [0.1, 0.15) is 5.01 Å². The molecular weight excluding hydrogens is 218 g/mol. The lowest BCUT2D eigenvalue weighted by molar-refractivity contribution is 0.539. The smallest absolute Gasteiger partial charge is 0.205 e. The van der Waals surface area contributed by atoms with Crippen LogP contribution in [0.1, 0.15) is 46.0 Å². The summed E-state index contributed by atoms with van der Waals surface area (Å²) >= 11 is 1.68. The van der Waals surface area contributed by atoms with Crippen molar-refractivity contribution in [2.75, 3.05) is 5.32 Å². The Bertz CT molecular complexity index is 307. The van der Waals surface area contributed by atoms with Crippen LogP contribution in [-0.2, 0) is 6.42 Å². The second-order valence-electron chi connectivity index (χ2n) is 5.27. The van der Waals surface area contributed by atoms with Gasteiger partial charge in [0.05, 0.1) is 0 Å². The number of anilines is 1. The molecule has 1 N–H and O–H groups in total. The lowest BCUT2D eigenvalue weighted by Gasteiger charge is -2.14. The molecule has 0 bridgehead atoms. The average Bonchev–Trinajstić information content (AvgIpc) is 2.49. The van der Waals surface area contributed by atoms with Crippen molar-refractivity contribution >= 4 is 16.5 Å². The number of nitrogens with one attached hydrogen (secondary N) is 1. The van der Waals surface area contributed by atoms with E-state index in [1.54, 1.807) is 11.3 Å². The molecule has 0 saturated heterocycles. The van der Waals surface area contributed by atoms with Gasteiger partial charge in [-0.15, -0.1) is 10.2 Å². The van der Waals surface area contributed by atoms with E-state index in [0.717, 1.165) is 16.6 Å². The predicted octanol–water partition coefficient (Wildman–Crippen LogP) is 3.58. The van der Waals surface area contributed by atoms with Crippen LogP contribution < -0.4 is 5.32 Å². The van der Waals surface area contributed by atoms with Crippen LogP contribution in [-0.4, -0.2) is 16.2 Å². The van der Waals surface area contributed by atoms with E-state index in [1.807, 2.05) is 0 Å². The fourth-order valence-electron chi connectivity index (χ4n) is 1.72.